The number of hydrogen-bond acceptors (Lipinski definition) is 7. The number of aromatic nitrogens is 1. The Morgan fingerprint density at radius 2 is 2.13 bits per heavy atom. The Bertz CT molecular complexity index is 1100. The molecule has 8 nitrogen and oxygen atoms in total. The first-order valence-corrected chi connectivity index (χ1v) is 10.5. The van der Waals surface area contributed by atoms with Crippen LogP contribution in [0.15, 0.2) is 36.4 Å². The number of rotatable bonds is 6. The second kappa shape index (κ2) is 8.55. The topological polar surface area (TPSA) is 94.8 Å². The third-order valence-electron chi connectivity index (χ3n) is 4.88. The number of hydrogen-bond donors (Lipinski definition) is 0. The van der Waals surface area contributed by atoms with Gasteiger partial charge in [0.2, 0.25) is 0 Å². The van der Waals surface area contributed by atoms with Crippen molar-refractivity contribution < 1.29 is 19.2 Å². The number of nitrogens with zero attached hydrogens (tertiary/aromatic N) is 3. The molecule has 0 bridgehead atoms. The third-order valence-corrected chi connectivity index (χ3v) is 6.42. The molecule has 0 saturated carbocycles. The number of amides is 1. The molecular formula is C20H18ClN3O5S. The minimum Gasteiger partial charge on any atom is -0.494 e. The van der Waals surface area contributed by atoms with Gasteiger partial charge in [-0.1, -0.05) is 22.9 Å². The fourth-order valence-corrected chi connectivity index (χ4v) is 4.61. The summed E-state index contributed by atoms with van der Waals surface area (Å²) in [5.74, 6) is 0.256. The van der Waals surface area contributed by atoms with Gasteiger partial charge in [0, 0.05) is 24.3 Å². The summed E-state index contributed by atoms with van der Waals surface area (Å²) >= 11 is 7.64. The first kappa shape index (κ1) is 20.5. The van der Waals surface area contributed by atoms with Gasteiger partial charge in [0.1, 0.15) is 11.3 Å². The summed E-state index contributed by atoms with van der Waals surface area (Å²) in [6.45, 7) is 0.985. The van der Waals surface area contributed by atoms with Gasteiger partial charge in [0.15, 0.2) is 5.13 Å². The van der Waals surface area contributed by atoms with Gasteiger partial charge in [-0.25, -0.2) is 4.98 Å². The molecule has 0 aliphatic carbocycles. The Morgan fingerprint density at radius 3 is 2.77 bits per heavy atom. The van der Waals surface area contributed by atoms with E-state index in [1.54, 1.807) is 24.1 Å². The molecule has 0 N–H and O–H groups in total. The van der Waals surface area contributed by atoms with Crippen LogP contribution in [0, 0.1) is 10.1 Å². The normalized spacial score (nSPS) is 16.0. The molecule has 1 aromatic heterocycles. The summed E-state index contributed by atoms with van der Waals surface area (Å²) in [7, 11) is 1.55. The third kappa shape index (κ3) is 3.96. The molecule has 2 heterocycles. The highest BCUT2D eigenvalue weighted by Crippen LogP contribution is 2.39. The number of nitro groups is 1. The van der Waals surface area contributed by atoms with Crippen LogP contribution in [0.25, 0.3) is 10.2 Å². The van der Waals surface area contributed by atoms with E-state index in [1.807, 2.05) is 0 Å². The average molecular weight is 448 g/mol. The van der Waals surface area contributed by atoms with E-state index in [2.05, 4.69) is 4.98 Å². The molecule has 30 heavy (non-hydrogen) atoms. The molecule has 2 aromatic carbocycles. The highest BCUT2D eigenvalue weighted by molar-refractivity contribution is 7.23. The van der Waals surface area contributed by atoms with Crippen LogP contribution in [0.5, 0.6) is 5.75 Å². The molecule has 1 unspecified atom stereocenters. The number of nitro benzene ring substituents is 1. The zero-order chi connectivity index (χ0) is 21.3. The first-order chi connectivity index (χ1) is 14.5. The van der Waals surface area contributed by atoms with Crippen LogP contribution in [0.3, 0.4) is 0 Å². The minimum absolute atomic E-state index is 0.0752. The van der Waals surface area contributed by atoms with Crippen molar-refractivity contribution in [2.24, 2.45) is 0 Å². The van der Waals surface area contributed by atoms with Crippen molar-refractivity contribution in [2.45, 2.75) is 18.9 Å². The molecule has 4 rings (SSSR count). The molecular weight excluding hydrogens is 430 g/mol. The smallest absolute Gasteiger partial charge is 0.269 e. The van der Waals surface area contributed by atoms with E-state index in [9.17, 15) is 14.9 Å². The molecule has 1 amide bonds. The number of benzene rings is 2. The van der Waals surface area contributed by atoms with Crippen LogP contribution in [0.4, 0.5) is 10.8 Å². The molecule has 1 aliphatic heterocycles. The number of thiazole rings is 1. The molecule has 0 spiro atoms. The zero-order valence-electron chi connectivity index (χ0n) is 16.0. The van der Waals surface area contributed by atoms with Gasteiger partial charge in [0.25, 0.3) is 11.6 Å². The van der Waals surface area contributed by atoms with Gasteiger partial charge in [-0.2, -0.15) is 0 Å². The molecule has 0 radical (unpaired) electrons. The molecule has 10 heteroatoms. The number of carbonyl (C=O) groups excluding carboxylic acids is 1. The van der Waals surface area contributed by atoms with E-state index in [4.69, 9.17) is 21.1 Å². The zero-order valence-corrected chi connectivity index (χ0v) is 17.6. The number of non-ortho nitro benzene ring substituents is 1. The lowest BCUT2D eigenvalue weighted by atomic mass is 10.1. The molecule has 1 atom stereocenters. The summed E-state index contributed by atoms with van der Waals surface area (Å²) in [4.78, 5) is 29.9. The number of halogens is 1. The quantitative estimate of drug-likeness (QED) is 0.401. The van der Waals surface area contributed by atoms with Crippen LogP contribution >= 0.6 is 22.9 Å². The standard InChI is InChI=1S/C20H18ClN3O5S/c1-28-16-9-8-15(21)18-17(16)22-20(30-18)23(11-14-3-2-10-29-14)19(25)12-4-6-13(7-5-12)24(26)27/h4-9,14H,2-3,10-11H2,1H3. The van der Waals surface area contributed by atoms with E-state index < -0.39 is 4.92 Å². The van der Waals surface area contributed by atoms with Crippen molar-refractivity contribution in [3.63, 3.8) is 0 Å². The Labute approximate surface area is 181 Å². The number of methoxy groups -OCH3 is 1. The van der Waals surface area contributed by atoms with Gasteiger partial charge in [0.05, 0.1) is 34.4 Å². The van der Waals surface area contributed by atoms with Crippen molar-refractivity contribution in [1.29, 1.82) is 0 Å². The van der Waals surface area contributed by atoms with Gasteiger partial charge >= 0.3 is 0 Å². The van der Waals surface area contributed by atoms with Crippen molar-refractivity contribution in [3.8, 4) is 5.75 Å². The second-order valence-electron chi connectivity index (χ2n) is 6.78. The van der Waals surface area contributed by atoms with Crippen molar-refractivity contribution in [3.05, 3.63) is 57.1 Å². The molecule has 156 valence electrons. The average Bonchev–Trinajstić information content (AvgIpc) is 3.42. The summed E-state index contributed by atoms with van der Waals surface area (Å²) in [6, 6.07) is 8.99. The van der Waals surface area contributed by atoms with Gasteiger partial charge in [-0.05, 0) is 37.1 Å². The largest absolute Gasteiger partial charge is 0.494 e. The van der Waals surface area contributed by atoms with E-state index in [-0.39, 0.29) is 17.7 Å². The Morgan fingerprint density at radius 1 is 1.37 bits per heavy atom. The predicted molar refractivity (Wildman–Crippen MR) is 115 cm³/mol. The Hall–Kier alpha value is -2.75. The Balaban J connectivity index is 1.74. The van der Waals surface area contributed by atoms with Crippen molar-refractivity contribution >= 4 is 49.9 Å². The number of anilines is 1. The fraction of sp³-hybridized carbons (Fsp3) is 0.300. The summed E-state index contributed by atoms with van der Waals surface area (Å²) in [5.41, 5.74) is 0.837. The van der Waals surface area contributed by atoms with E-state index in [1.165, 1.54) is 35.6 Å². The number of fused-ring (bicyclic) bond motifs is 1. The maximum atomic E-state index is 13.3. The minimum atomic E-state index is -0.500. The lowest BCUT2D eigenvalue weighted by Gasteiger charge is -2.23. The van der Waals surface area contributed by atoms with Crippen LogP contribution in [0.2, 0.25) is 5.02 Å². The summed E-state index contributed by atoms with van der Waals surface area (Å²) in [5, 5.41) is 11.9. The highest BCUT2D eigenvalue weighted by atomic mass is 35.5. The van der Waals surface area contributed by atoms with Crippen molar-refractivity contribution in [1.82, 2.24) is 4.98 Å². The van der Waals surface area contributed by atoms with Gasteiger partial charge < -0.3 is 9.47 Å². The van der Waals surface area contributed by atoms with Crippen LogP contribution < -0.4 is 9.64 Å². The van der Waals surface area contributed by atoms with E-state index >= 15 is 0 Å². The second-order valence-corrected chi connectivity index (χ2v) is 8.16. The maximum absolute atomic E-state index is 13.3. The SMILES string of the molecule is COc1ccc(Cl)c2sc(N(CC3CCCO3)C(=O)c3ccc([N+](=O)[O-])cc3)nc12. The number of ether oxygens (including phenoxy) is 2. The van der Waals surface area contributed by atoms with E-state index in [0.717, 1.165) is 17.5 Å². The predicted octanol–water partition coefficient (Wildman–Crippen LogP) is 4.69. The van der Waals surface area contributed by atoms with E-state index in [0.29, 0.717) is 40.1 Å². The van der Waals surface area contributed by atoms with Crippen LogP contribution in [0.1, 0.15) is 23.2 Å². The van der Waals surface area contributed by atoms with Gasteiger partial charge in [-0.15, -0.1) is 0 Å². The molecule has 1 fully saturated rings. The Kier molecular flexibility index (Phi) is 5.85. The molecule has 3 aromatic rings. The molecule has 1 saturated heterocycles. The molecule has 1 aliphatic rings. The van der Waals surface area contributed by atoms with Crippen molar-refractivity contribution in [2.75, 3.05) is 25.2 Å². The highest BCUT2D eigenvalue weighted by Gasteiger charge is 2.28. The number of carbonyl (C=O) groups is 1. The fourth-order valence-electron chi connectivity index (χ4n) is 3.34. The lowest BCUT2D eigenvalue weighted by Crippen LogP contribution is -2.37. The first-order valence-electron chi connectivity index (χ1n) is 9.29. The summed E-state index contributed by atoms with van der Waals surface area (Å²) < 4.78 is 11.8. The van der Waals surface area contributed by atoms with Crippen LogP contribution in [-0.2, 0) is 4.74 Å². The van der Waals surface area contributed by atoms with Gasteiger partial charge in [-0.3, -0.25) is 19.8 Å². The van der Waals surface area contributed by atoms with Crippen LogP contribution in [-0.4, -0.2) is 42.2 Å². The summed E-state index contributed by atoms with van der Waals surface area (Å²) in [6.07, 6.45) is 1.68. The monoisotopic (exact) mass is 447 g/mol. The lowest BCUT2D eigenvalue weighted by molar-refractivity contribution is -0.384. The maximum Gasteiger partial charge on any atom is 0.269 e.